The zero-order chi connectivity index (χ0) is 19.3. The molecule has 0 unspecified atom stereocenters. The van der Waals surface area contributed by atoms with Gasteiger partial charge < -0.3 is 18.5 Å². The quantitative estimate of drug-likeness (QED) is 0.314. The van der Waals surface area contributed by atoms with Crippen LogP contribution in [0, 0.1) is 5.41 Å². The molecule has 0 saturated carbocycles. The van der Waals surface area contributed by atoms with Gasteiger partial charge in [-0.25, -0.2) is 4.57 Å². The lowest BCUT2D eigenvalue weighted by molar-refractivity contribution is -0.153. The number of nitrogens with zero attached hydrogens (tertiary/aromatic N) is 1. The second-order valence-electron chi connectivity index (χ2n) is 5.87. The van der Waals surface area contributed by atoms with Gasteiger partial charge in [0.25, 0.3) is 0 Å². The van der Waals surface area contributed by atoms with E-state index in [0.717, 1.165) is 50.7 Å². The van der Waals surface area contributed by atoms with Crippen LogP contribution in [0.2, 0.25) is 0 Å². The van der Waals surface area contributed by atoms with Crippen molar-refractivity contribution in [2.75, 3.05) is 59.4 Å². The first kappa shape index (κ1) is 24.9. The molecule has 0 aromatic rings. The van der Waals surface area contributed by atoms with Gasteiger partial charge >= 0.3 is 12.8 Å². The molecule has 0 aliphatic carbocycles. The highest BCUT2D eigenvalue weighted by atomic mass is 32.7. The molecular weight excluding hydrogens is 365 g/mol. The van der Waals surface area contributed by atoms with Crippen LogP contribution in [0.5, 0.6) is 0 Å². The molecule has 0 spiro atoms. The summed E-state index contributed by atoms with van der Waals surface area (Å²) in [6.07, 6.45) is 0.730. The second-order valence-corrected chi connectivity index (χ2v) is 10.3. The SMILES string of the molecule is CC.COP(=O)(OC)SCCOC(=O)C(C)(C)CCN1CCOCC1. The van der Waals surface area contributed by atoms with E-state index in [1.165, 1.54) is 14.2 Å². The Hall–Kier alpha value is -0.110. The van der Waals surface area contributed by atoms with Gasteiger partial charge in [-0.2, -0.15) is 0 Å². The van der Waals surface area contributed by atoms with E-state index in [1.54, 1.807) is 0 Å². The van der Waals surface area contributed by atoms with Crippen molar-refractivity contribution in [2.45, 2.75) is 34.1 Å². The van der Waals surface area contributed by atoms with Crippen LogP contribution in [0.25, 0.3) is 0 Å². The molecule has 1 rings (SSSR count). The third-order valence-electron chi connectivity index (χ3n) is 3.72. The van der Waals surface area contributed by atoms with Crippen LogP contribution in [0.4, 0.5) is 0 Å². The van der Waals surface area contributed by atoms with Crippen LogP contribution in [-0.4, -0.2) is 70.3 Å². The van der Waals surface area contributed by atoms with Crippen molar-refractivity contribution in [3.05, 3.63) is 0 Å². The number of rotatable bonds is 10. The molecule has 0 aromatic heterocycles. The Morgan fingerprint density at radius 2 is 1.76 bits per heavy atom. The summed E-state index contributed by atoms with van der Waals surface area (Å²) in [5, 5.41) is 0. The van der Waals surface area contributed by atoms with Crippen LogP contribution in [-0.2, 0) is 27.9 Å². The fourth-order valence-corrected chi connectivity index (χ4v) is 4.29. The molecular formula is C16H34NO6PS. The average Bonchev–Trinajstić information content (AvgIpc) is 2.65. The lowest BCUT2D eigenvalue weighted by Crippen LogP contribution is -2.39. The van der Waals surface area contributed by atoms with Crippen LogP contribution in [0.3, 0.4) is 0 Å². The van der Waals surface area contributed by atoms with Crippen LogP contribution >= 0.6 is 18.2 Å². The smallest absolute Gasteiger partial charge is 0.388 e. The molecule has 0 N–H and O–H groups in total. The molecule has 0 atom stereocenters. The van der Waals surface area contributed by atoms with Crippen LogP contribution in [0.1, 0.15) is 34.1 Å². The fraction of sp³-hybridized carbons (Fsp3) is 0.938. The Balaban J connectivity index is 0.00000277. The third-order valence-corrected chi connectivity index (χ3v) is 7.67. The monoisotopic (exact) mass is 399 g/mol. The van der Waals surface area contributed by atoms with E-state index >= 15 is 0 Å². The maximum atomic E-state index is 12.2. The standard InChI is InChI=1S/C14H28NO6PS.C2H6/c1-14(2,5-6-15-7-9-20-10-8-15)13(16)21-11-12-23-22(17,18-3)19-4;1-2/h5-12H2,1-4H3;1-2H3. The first-order chi connectivity index (χ1) is 11.8. The predicted octanol–water partition coefficient (Wildman–Crippen LogP) is 3.44. The van der Waals surface area contributed by atoms with Gasteiger partial charge in [0, 0.05) is 33.1 Å². The van der Waals surface area contributed by atoms with E-state index in [0.29, 0.717) is 5.75 Å². The van der Waals surface area contributed by atoms with Gasteiger partial charge in [-0.15, -0.1) is 0 Å². The fourth-order valence-electron chi connectivity index (χ4n) is 2.02. The number of carbonyl (C=O) groups excluding carboxylic acids is 1. The average molecular weight is 399 g/mol. The Morgan fingerprint density at radius 1 is 1.20 bits per heavy atom. The van der Waals surface area contributed by atoms with E-state index in [-0.39, 0.29) is 12.6 Å². The first-order valence-corrected chi connectivity index (χ1v) is 11.8. The van der Waals surface area contributed by atoms with Gasteiger partial charge in [0.15, 0.2) is 0 Å². The van der Waals surface area contributed by atoms with Crippen LogP contribution in [0.15, 0.2) is 0 Å². The number of hydrogen-bond donors (Lipinski definition) is 0. The topological polar surface area (TPSA) is 74.3 Å². The van der Waals surface area contributed by atoms with Gasteiger partial charge in [0.05, 0.1) is 18.6 Å². The zero-order valence-corrected chi connectivity index (χ0v) is 18.1. The molecule has 0 radical (unpaired) electrons. The van der Waals surface area contributed by atoms with E-state index in [4.69, 9.17) is 18.5 Å². The van der Waals surface area contributed by atoms with E-state index in [2.05, 4.69) is 4.90 Å². The highest BCUT2D eigenvalue weighted by Crippen LogP contribution is 2.59. The number of esters is 1. The summed E-state index contributed by atoms with van der Waals surface area (Å²) in [6, 6.07) is 0. The maximum absolute atomic E-state index is 12.2. The van der Waals surface area contributed by atoms with Crippen molar-refractivity contribution in [2.24, 2.45) is 5.41 Å². The lowest BCUT2D eigenvalue weighted by atomic mass is 9.89. The predicted molar refractivity (Wildman–Crippen MR) is 102 cm³/mol. The molecule has 0 amide bonds. The van der Waals surface area contributed by atoms with E-state index in [1.807, 2.05) is 27.7 Å². The van der Waals surface area contributed by atoms with Crippen molar-refractivity contribution in [3.8, 4) is 0 Å². The van der Waals surface area contributed by atoms with Crippen molar-refractivity contribution in [1.29, 1.82) is 0 Å². The molecule has 25 heavy (non-hydrogen) atoms. The minimum absolute atomic E-state index is 0.182. The van der Waals surface area contributed by atoms with Gasteiger partial charge in [0.1, 0.15) is 6.61 Å². The largest absolute Gasteiger partial charge is 0.464 e. The Labute approximate surface area is 156 Å². The third kappa shape index (κ3) is 9.97. The highest BCUT2D eigenvalue weighted by molar-refractivity contribution is 8.55. The normalized spacial score (nSPS) is 16.1. The van der Waals surface area contributed by atoms with Crippen molar-refractivity contribution < 1.29 is 27.9 Å². The molecule has 7 nitrogen and oxygen atoms in total. The van der Waals surface area contributed by atoms with Gasteiger partial charge in [-0.3, -0.25) is 9.69 Å². The van der Waals surface area contributed by atoms with E-state index in [9.17, 15) is 9.36 Å². The highest BCUT2D eigenvalue weighted by Gasteiger charge is 2.30. The number of carbonyl (C=O) groups is 1. The number of morpholine rings is 1. The minimum Gasteiger partial charge on any atom is -0.464 e. The second kappa shape index (κ2) is 13.1. The van der Waals surface area contributed by atoms with Crippen LogP contribution < -0.4 is 0 Å². The van der Waals surface area contributed by atoms with Crippen molar-refractivity contribution >= 4 is 24.1 Å². The molecule has 1 fully saturated rings. The molecule has 0 aromatic carbocycles. The Morgan fingerprint density at radius 3 is 2.28 bits per heavy atom. The summed E-state index contributed by atoms with van der Waals surface area (Å²) in [6.45, 7) is 9.02. The maximum Gasteiger partial charge on any atom is 0.388 e. The molecule has 1 aliphatic heterocycles. The molecule has 150 valence electrons. The summed E-state index contributed by atoms with van der Waals surface area (Å²) in [7, 11) is 2.66. The van der Waals surface area contributed by atoms with E-state index < -0.39 is 12.2 Å². The molecule has 1 saturated heterocycles. The first-order valence-electron chi connectivity index (χ1n) is 8.66. The minimum atomic E-state index is -3.11. The molecule has 9 heteroatoms. The number of hydrogen-bond acceptors (Lipinski definition) is 8. The zero-order valence-electron chi connectivity index (χ0n) is 16.4. The Kier molecular flexibility index (Phi) is 13.1. The summed E-state index contributed by atoms with van der Waals surface area (Å²) in [4.78, 5) is 14.5. The molecule has 0 bridgehead atoms. The summed E-state index contributed by atoms with van der Waals surface area (Å²) >= 11 is 1.02. The van der Waals surface area contributed by atoms with Gasteiger partial charge in [0.2, 0.25) is 0 Å². The lowest BCUT2D eigenvalue weighted by Gasteiger charge is -2.30. The van der Waals surface area contributed by atoms with Crippen molar-refractivity contribution in [3.63, 3.8) is 0 Å². The van der Waals surface area contributed by atoms with Crippen molar-refractivity contribution in [1.82, 2.24) is 4.90 Å². The summed E-state index contributed by atoms with van der Waals surface area (Å²) < 4.78 is 32.1. The Bertz CT molecular complexity index is 407. The summed E-state index contributed by atoms with van der Waals surface area (Å²) in [5.74, 6) is 0.126. The van der Waals surface area contributed by atoms with Gasteiger partial charge in [-0.1, -0.05) is 13.8 Å². The van der Waals surface area contributed by atoms with Gasteiger partial charge in [-0.05, 0) is 38.2 Å². The number of ether oxygens (including phenoxy) is 2. The molecule has 1 heterocycles. The summed E-state index contributed by atoms with van der Waals surface area (Å²) in [5.41, 5.74) is -0.546. The molecule has 1 aliphatic rings.